The average molecular weight is 381 g/mol. The van der Waals surface area contributed by atoms with E-state index in [0.29, 0.717) is 6.42 Å². The lowest BCUT2D eigenvalue weighted by Gasteiger charge is -2.16. The fourth-order valence-electron chi connectivity index (χ4n) is 4.11. The molecule has 29 heavy (non-hydrogen) atoms. The molecule has 144 valence electrons. The zero-order chi connectivity index (χ0) is 19.6. The molecule has 2 heterocycles. The summed E-state index contributed by atoms with van der Waals surface area (Å²) < 4.78 is 2.32. The standard InChI is InChI=1S/C25H23N3O/c29-24(16-18-8-9-19-5-1-2-6-21(19)15-18)27-22-12-10-20(11-13-22)25-26-17-23-7-3-4-14-28(23)25/h1-2,5-6,8-13,15,17H,3-4,7,14,16H2,(H,27,29). The van der Waals surface area contributed by atoms with Crippen molar-refractivity contribution >= 4 is 22.4 Å². The zero-order valence-corrected chi connectivity index (χ0v) is 16.3. The van der Waals surface area contributed by atoms with Crippen LogP contribution in [0.3, 0.4) is 0 Å². The molecule has 0 saturated heterocycles. The molecular weight excluding hydrogens is 358 g/mol. The monoisotopic (exact) mass is 381 g/mol. The lowest BCUT2D eigenvalue weighted by atomic mass is 10.0. The summed E-state index contributed by atoms with van der Waals surface area (Å²) in [6, 6.07) is 22.4. The zero-order valence-electron chi connectivity index (χ0n) is 16.3. The van der Waals surface area contributed by atoms with Crippen LogP contribution in [-0.2, 0) is 24.2 Å². The summed E-state index contributed by atoms with van der Waals surface area (Å²) in [6.07, 6.45) is 5.91. The van der Waals surface area contributed by atoms with Gasteiger partial charge in [-0.2, -0.15) is 0 Å². The van der Waals surface area contributed by atoms with Crippen molar-refractivity contribution in [2.45, 2.75) is 32.2 Å². The van der Waals surface area contributed by atoms with Gasteiger partial charge in [0.05, 0.1) is 6.42 Å². The van der Waals surface area contributed by atoms with Crippen molar-refractivity contribution in [1.82, 2.24) is 9.55 Å². The number of carbonyl (C=O) groups is 1. The van der Waals surface area contributed by atoms with Crippen molar-refractivity contribution in [2.24, 2.45) is 0 Å². The van der Waals surface area contributed by atoms with Gasteiger partial charge < -0.3 is 9.88 Å². The molecule has 4 nitrogen and oxygen atoms in total. The molecule has 0 radical (unpaired) electrons. The quantitative estimate of drug-likeness (QED) is 0.527. The Bertz CT molecular complexity index is 1170. The number of anilines is 1. The maximum atomic E-state index is 12.5. The summed E-state index contributed by atoms with van der Waals surface area (Å²) in [5.74, 6) is 1.01. The molecule has 0 bridgehead atoms. The van der Waals surface area contributed by atoms with E-state index in [2.05, 4.69) is 39.1 Å². The van der Waals surface area contributed by atoms with Gasteiger partial charge in [0.25, 0.3) is 0 Å². The number of hydrogen-bond acceptors (Lipinski definition) is 2. The molecule has 4 aromatic rings. The molecule has 1 aliphatic heterocycles. The first-order chi connectivity index (χ1) is 14.3. The molecule has 0 aliphatic carbocycles. The second kappa shape index (κ2) is 7.55. The van der Waals surface area contributed by atoms with Crippen molar-refractivity contribution < 1.29 is 4.79 Å². The fourth-order valence-corrected chi connectivity index (χ4v) is 4.11. The van der Waals surface area contributed by atoms with Crippen molar-refractivity contribution in [3.63, 3.8) is 0 Å². The van der Waals surface area contributed by atoms with Crippen LogP contribution in [0.4, 0.5) is 5.69 Å². The Labute approximate surface area is 170 Å². The normalized spacial score (nSPS) is 13.2. The Hall–Kier alpha value is -3.40. The number of aromatic nitrogens is 2. The van der Waals surface area contributed by atoms with Gasteiger partial charge >= 0.3 is 0 Å². The average Bonchev–Trinajstić information content (AvgIpc) is 3.18. The molecule has 3 aromatic carbocycles. The highest BCUT2D eigenvalue weighted by molar-refractivity contribution is 5.93. The summed E-state index contributed by atoms with van der Waals surface area (Å²) in [4.78, 5) is 17.1. The van der Waals surface area contributed by atoms with Crippen molar-refractivity contribution in [3.8, 4) is 11.4 Å². The summed E-state index contributed by atoms with van der Waals surface area (Å²) >= 11 is 0. The van der Waals surface area contributed by atoms with Crippen LogP contribution >= 0.6 is 0 Å². The van der Waals surface area contributed by atoms with E-state index in [-0.39, 0.29) is 5.91 Å². The van der Waals surface area contributed by atoms with E-state index in [1.807, 2.05) is 48.7 Å². The van der Waals surface area contributed by atoms with E-state index in [0.717, 1.165) is 41.0 Å². The van der Waals surface area contributed by atoms with Crippen LogP contribution in [0, 0.1) is 0 Å². The van der Waals surface area contributed by atoms with Crippen LogP contribution in [0.15, 0.2) is 72.9 Å². The lowest BCUT2D eigenvalue weighted by molar-refractivity contribution is -0.115. The first-order valence-electron chi connectivity index (χ1n) is 10.2. The van der Waals surface area contributed by atoms with E-state index in [4.69, 9.17) is 0 Å². The Morgan fingerprint density at radius 2 is 1.79 bits per heavy atom. The van der Waals surface area contributed by atoms with E-state index < -0.39 is 0 Å². The molecule has 1 amide bonds. The highest BCUT2D eigenvalue weighted by Crippen LogP contribution is 2.25. The first kappa shape index (κ1) is 17.7. The maximum Gasteiger partial charge on any atom is 0.228 e. The third-order valence-corrected chi connectivity index (χ3v) is 5.61. The smallest absolute Gasteiger partial charge is 0.228 e. The molecule has 0 unspecified atom stereocenters. The predicted molar refractivity (Wildman–Crippen MR) is 117 cm³/mol. The third kappa shape index (κ3) is 3.66. The molecule has 1 N–H and O–H groups in total. The number of amides is 1. The number of benzene rings is 3. The third-order valence-electron chi connectivity index (χ3n) is 5.61. The minimum Gasteiger partial charge on any atom is -0.328 e. The van der Waals surface area contributed by atoms with Crippen LogP contribution in [0.25, 0.3) is 22.2 Å². The molecule has 0 fully saturated rings. The number of nitrogens with one attached hydrogen (secondary N) is 1. The highest BCUT2D eigenvalue weighted by Gasteiger charge is 2.15. The minimum atomic E-state index is -0.00813. The van der Waals surface area contributed by atoms with Gasteiger partial charge in [0, 0.05) is 29.7 Å². The number of hydrogen-bond donors (Lipinski definition) is 1. The fraction of sp³-hybridized carbons (Fsp3) is 0.200. The number of aryl methyl sites for hydroxylation is 1. The highest BCUT2D eigenvalue weighted by atomic mass is 16.1. The first-order valence-corrected chi connectivity index (χ1v) is 10.2. The number of rotatable bonds is 4. The van der Waals surface area contributed by atoms with Crippen molar-refractivity contribution in [3.05, 3.63) is 84.2 Å². The maximum absolute atomic E-state index is 12.5. The Morgan fingerprint density at radius 3 is 2.66 bits per heavy atom. The largest absolute Gasteiger partial charge is 0.328 e. The Balaban J connectivity index is 1.28. The lowest BCUT2D eigenvalue weighted by Crippen LogP contribution is -2.14. The van der Waals surface area contributed by atoms with Gasteiger partial charge in [-0.05, 0) is 59.9 Å². The topological polar surface area (TPSA) is 46.9 Å². The summed E-state index contributed by atoms with van der Waals surface area (Å²) in [6.45, 7) is 1.04. The van der Waals surface area contributed by atoms with Crippen LogP contribution in [0.5, 0.6) is 0 Å². The van der Waals surface area contributed by atoms with E-state index in [9.17, 15) is 4.79 Å². The predicted octanol–water partition coefficient (Wildman–Crippen LogP) is 5.22. The Morgan fingerprint density at radius 1 is 0.966 bits per heavy atom. The van der Waals surface area contributed by atoms with Crippen LogP contribution < -0.4 is 5.32 Å². The van der Waals surface area contributed by atoms with Gasteiger partial charge in [-0.3, -0.25) is 4.79 Å². The van der Waals surface area contributed by atoms with Gasteiger partial charge in [0.1, 0.15) is 5.82 Å². The number of nitrogens with zero attached hydrogens (tertiary/aromatic N) is 2. The van der Waals surface area contributed by atoms with Gasteiger partial charge in [-0.15, -0.1) is 0 Å². The van der Waals surface area contributed by atoms with Crippen molar-refractivity contribution in [2.75, 3.05) is 5.32 Å². The summed E-state index contributed by atoms with van der Waals surface area (Å²) in [5, 5.41) is 5.35. The van der Waals surface area contributed by atoms with Crippen LogP contribution in [-0.4, -0.2) is 15.5 Å². The molecular formula is C25H23N3O. The van der Waals surface area contributed by atoms with E-state index >= 15 is 0 Å². The summed E-state index contributed by atoms with van der Waals surface area (Å²) in [5.41, 5.74) is 4.23. The van der Waals surface area contributed by atoms with Crippen molar-refractivity contribution in [1.29, 1.82) is 0 Å². The van der Waals surface area contributed by atoms with Crippen LogP contribution in [0.2, 0.25) is 0 Å². The summed E-state index contributed by atoms with van der Waals surface area (Å²) in [7, 11) is 0. The van der Waals surface area contributed by atoms with Gasteiger partial charge in [0.15, 0.2) is 0 Å². The van der Waals surface area contributed by atoms with Gasteiger partial charge in [-0.1, -0.05) is 42.5 Å². The molecule has 0 atom stereocenters. The molecule has 0 saturated carbocycles. The van der Waals surface area contributed by atoms with Gasteiger partial charge in [-0.25, -0.2) is 4.98 Å². The molecule has 1 aromatic heterocycles. The van der Waals surface area contributed by atoms with Crippen LogP contribution in [0.1, 0.15) is 24.1 Å². The molecule has 5 rings (SSSR count). The second-order valence-corrected chi connectivity index (χ2v) is 7.67. The van der Waals surface area contributed by atoms with E-state index in [1.54, 1.807) is 0 Å². The Kier molecular flexibility index (Phi) is 4.60. The molecule has 1 aliphatic rings. The second-order valence-electron chi connectivity index (χ2n) is 7.67. The minimum absolute atomic E-state index is 0.00813. The number of fused-ring (bicyclic) bond motifs is 2. The SMILES string of the molecule is O=C(Cc1ccc2ccccc2c1)Nc1ccc(-c2ncc3n2CCCC3)cc1. The number of imidazole rings is 1. The van der Waals surface area contributed by atoms with Gasteiger partial charge in [0.2, 0.25) is 5.91 Å². The van der Waals surface area contributed by atoms with E-state index in [1.165, 1.54) is 23.9 Å². The molecule has 4 heteroatoms. The molecule has 0 spiro atoms. The number of carbonyl (C=O) groups excluding carboxylic acids is 1.